The second-order valence-corrected chi connectivity index (χ2v) is 29.6. The van der Waals surface area contributed by atoms with Crippen molar-refractivity contribution in [3.8, 4) is 17.2 Å². The number of nitrogens with zero attached hydrogens (tertiary/aromatic N) is 8. The van der Waals surface area contributed by atoms with Gasteiger partial charge in [0.15, 0.2) is 0 Å². The molecule has 5 heterocycles. The summed E-state index contributed by atoms with van der Waals surface area (Å²) in [4.78, 5) is 110. The second kappa shape index (κ2) is 42.8. The summed E-state index contributed by atoms with van der Waals surface area (Å²) < 4.78 is 51.3. The van der Waals surface area contributed by atoms with E-state index in [9.17, 15) is 38.7 Å². The van der Waals surface area contributed by atoms with Crippen LogP contribution in [0.15, 0.2) is 133 Å². The first-order valence-electron chi connectivity index (χ1n) is 34.8. The van der Waals surface area contributed by atoms with Gasteiger partial charge in [-0.3, -0.25) is 20.0 Å². The van der Waals surface area contributed by atoms with Gasteiger partial charge in [-0.15, -0.1) is 0 Å². The van der Waals surface area contributed by atoms with Gasteiger partial charge in [0, 0.05) is 33.8 Å². The van der Waals surface area contributed by atoms with Crippen LogP contribution in [-0.4, -0.2) is 137 Å². The number of benzene rings is 3. The molecule has 29 heteroatoms. The van der Waals surface area contributed by atoms with Crippen LogP contribution in [0.25, 0.3) is 0 Å². The van der Waals surface area contributed by atoms with Crippen LogP contribution in [0.5, 0.6) is 17.2 Å². The number of hydrogen-bond donors (Lipinski definition) is 2. The van der Waals surface area contributed by atoms with Gasteiger partial charge < -0.3 is 52.5 Å². The molecule has 0 bridgehead atoms. The summed E-state index contributed by atoms with van der Waals surface area (Å²) in [5.74, 6) is 2.42. The van der Waals surface area contributed by atoms with E-state index in [4.69, 9.17) is 49.5 Å². The molecule has 0 aliphatic carbocycles. The lowest BCUT2D eigenvalue weighted by atomic mass is 10.2. The monoisotopic (exact) mass is 1620 g/mol. The van der Waals surface area contributed by atoms with E-state index in [-0.39, 0.29) is 19.0 Å². The molecule has 3 aromatic carbocycles. The van der Waals surface area contributed by atoms with Crippen LogP contribution in [0.3, 0.4) is 0 Å². The molecule has 4 amide bonds. The first-order chi connectivity index (χ1) is 51.9. The largest absolute Gasteiger partial charge is 0.497 e. The zero-order valence-electron chi connectivity index (χ0n) is 67.5. The van der Waals surface area contributed by atoms with Crippen molar-refractivity contribution < 1.29 is 86.0 Å². The fraction of sp³-hybridized carbons (Fsp3) is 0.390. The van der Waals surface area contributed by atoms with Gasteiger partial charge >= 0.3 is 42.3 Å². The lowest BCUT2D eigenvalue weighted by Crippen LogP contribution is -2.37. The Kier molecular flexibility index (Phi) is 35.7. The van der Waals surface area contributed by atoms with E-state index in [0.717, 1.165) is 45.1 Å². The predicted molar refractivity (Wildman–Crippen MR) is 429 cm³/mol. The van der Waals surface area contributed by atoms with Gasteiger partial charge in [0.2, 0.25) is 0 Å². The van der Waals surface area contributed by atoms with Gasteiger partial charge in [-0.2, -0.15) is 0 Å². The highest BCUT2D eigenvalue weighted by atomic mass is 79.9. The van der Waals surface area contributed by atoms with Gasteiger partial charge in [0.25, 0.3) is 0 Å². The molecule has 0 unspecified atom stereocenters. The van der Waals surface area contributed by atoms with Crippen LogP contribution < -0.4 is 34.2 Å². The molecule has 0 aliphatic rings. The van der Waals surface area contributed by atoms with Gasteiger partial charge in [-0.25, -0.2) is 58.5 Å². The van der Waals surface area contributed by atoms with Gasteiger partial charge in [-0.05, 0) is 243 Å². The van der Waals surface area contributed by atoms with E-state index in [1.165, 1.54) is 49.3 Å². The highest BCUT2D eigenvalue weighted by Gasteiger charge is 2.29. The molecular weight excluding hydrogens is 1510 g/mol. The van der Waals surface area contributed by atoms with Crippen molar-refractivity contribution in [2.75, 3.05) is 62.7 Å². The molecule has 8 aromatic rings. The Bertz CT molecular complexity index is 4270. The molecule has 0 spiro atoms. The maximum atomic E-state index is 12.9. The number of aromatic nitrogens is 5. The minimum Gasteiger partial charge on any atom is -0.497 e. The lowest BCUT2D eigenvalue weighted by molar-refractivity contribution is 0.0564. The molecule has 2 N–H and O–H groups in total. The van der Waals surface area contributed by atoms with Crippen molar-refractivity contribution in [2.24, 2.45) is 0 Å². The number of halogens is 2. The van der Waals surface area contributed by atoms with Crippen LogP contribution >= 0.6 is 27.5 Å². The SMILES string of the molecule is COC(=O)c1cc(C)nc(Cl)c1.COC(=O)c1cc(C)nc(N(Cc2ccc(OC)cc2)C(=O)OC(C)(C)C)c1.COC(=O)c1cc(C)nc(NC(=O)OC(C)(C)C)c1.COc1ccc(CN(C(=O)OC(C)(C)C)c2cc(CBr)cc(C)n2)cc1.COc1ccc(CN(C(=O)OC(C)(C)C)c2cc(CO)cc(C)n2)cc1. The average molecular weight is 1620 g/mol. The fourth-order valence-corrected chi connectivity index (χ4v) is 10.1. The summed E-state index contributed by atoms with van der Waals surface area (Å²) in [6, 6.07) is 39.0. The number of aliphatic hydroxyl groups excluding tert-OH is 1. The van der Waals surface area contributed by atoms with E-state index < -0.39 is 64.7 Å². The number of hydrogen-bond acceptors (Lipinski definition) is 23. The molecule has 8 rings (SSSR count). The van der Waals surface area contributed by atoms with Gasteiger partial charge in [0.1, 0.15) is 68.1 Å². The zero-order chi connectivity index (χ0) is 83.3. The van der Waals surface area contributed by atoms with Crippen LogP contribution in [-0.2, 0) is 64.7 Å². The summed E-state index contributed by atoms with van der Waals surface area (Å²) in [5.41, 5.74) is 6.48. The van der Waals surface area contributed by atoms with E-state index in [1.54, 1.807) is 119 Å². The summed E-state index contributed by atoms with van der Waals surface area (Å²) in [6.45, 7) is 31.4. The van der Waals surface area contributed by atoms with Crippen molar-refractivity contribution in [1.29, 1.82) is 0 Å². The number of pyridine rings is 5. The minimum atomic E-state index is -0.676. The third-order valence-electron chi connectivity index (χ3n) is 14.2. The normalized spacial score (nSPS) is 10.9. The van der Waals surface area contributed by atoms with Crippen molar-refractivity contribution in [1.82, 2.24) is 24.9 Å². The number of aryl methyl sites for hydroxylation is 5. The molecule has 598 valence electrons. The first-order valence-corrected chi connectivity index (χ1v) is 36.3. The number of methoxy groups -OCH3 is 6. The van der Waals surface area contributed by atoms with E-state index in [2.05, 4.69) is 55.6 Å². The van der Waals surface area contributed by atoms with Crippen molar-refractivity contribution in [3.63, 3.8) is 0 Å². The Labute approximate surface area is 663 Å². The molecule has 111 heavy (non-hydrogen) atoms. The number of carbonyl (C=O) groups is 7. The number of nitrogens with one attached hydrogen (secondary N) is 1. The van der Waals surface area contributed by atoms with E-state index >= 15 is 0 Å². The highest BCUT2D eigenvalue weighted by Crippen LogP contribution is 2.28. The number of amides is 4. The van der Waals surface area contributed by atoms with Gasteiger partial charge in [0.05, 0.1) is 85.6 Å². The summed E-state index contributed by atoms with van der Waals surface area (Å²) in [5, 5.41) is 12.9. The highest BCUT2D eigenvalue weighted by molar-refractivity contribution is 9.08. The maximum Gasteiger partial charge on any atom is 0.416 e. The fourth-order valence-electron chi connectivity index (χ4n) is 9.56. The Balaban J connectivity index is 0.000000299. The van der Waals surface area contributed by atoms with Crippen molar-refractivity contribution in [2.45, 2.75) is 172 Å². The van der Waals surface area contributed by atoms with Gasteiger partial charge in [-0.1, -0.05) is 63.9 Å². The molecule has 0 saturated heterocycles. The average Bonchev–Trinajstić information content (AvgIpc) is 0.826. The predicted octanol–water partition coefficient (Wildman–Crippen LogP) is 17.5. The van der Waals surface area contributed by atoms with Crippen molar-refractivity contribution in [3.05, 3.63) is 212 Å². The maximum absolute atomic E-state index is 12.9. The summed E-state index contributed by atoms with van der Waals surface area (Å²) >= 11 is 9.10. The number of carbonyl (C=O) groups excluding carboxylic acids is 7. The smallest absolute Gasteiger partial charge is 0.416 e. The Morgan fingerprint density at radius 3 is 1.00 bits per heavy atom. The Morgan fingerprint density at radius 1 is 0.387 bits per heavy atom. The second-order valence-electron chi connectivity index (χ2n) is 28.6. The molecule has 0 fully saturated rings. The number of alkyl halides is 1. The minimum absolute atomic E-state index is 0.124. The zero-order valence-corrected chi connectivity index (χ0v) is 69.8. The van der Waals surface area contributed by atoms with Crippen LogP contribution in [0.1, 0.15) is 170 Å². The number of anilines is 4. The Morgan fingerprint density at radius 2 is 0.685 bits per heavy atom. The third kappa shape index (κ3) is 33.4. The third-order valence-corrected chi connectivity index (χ3v) is 15.1. The Hall–Kier alpha value is -11.0. The number of aliphatic hydroxyl groups is 1. The molecular formula is C82H103BrClN9O18. The molecule has 0 atom stereocenters. The first kappa shape index (κ1) is 92.4. The lowest BCUT2D eigenvalue weighted by Gasteiger charge is -2.27. The molecule has 27 nitrogen and oxygen atoms in total. The van der Waals surface area contributed by atoms with Crippen LogP contribution in [0.4, 0.5) is 42.4 Å². The number of rotatable bonds is 18. The number of esters is 3. The summed E-state index contributed by atoms with van der Waals surface area (Å²) in [6.07, 6.45) is -2.10. The standard InChI is InChI=1S/C21H26N2O5.C20H25BrN2O3.C20H26N2O4.C13H18N2O4.C8H8ClNO2/c1-14-11-16(19(24)27-6)12-18(22-14)23(20(25)28-21(2,3)4)13-15-7-9-17(26-5)10-8-15;1-14-10-16(12-21)11-18(22-14)23(19(24)26-20(2,3)4)13-15-6-8-17(25-5)9-7-15;1-14-10-16(13-23)11-18(21-14)22(19(24)26-20(2,3)4)12-15-6-8-17(25-5)9-7-15;1-8-6-9(11(16)18-5)7-10(14-8)15-12(17)19-13(2,3)4;1-5-3-6(8(11)12-2)4-7(9)10-5/h7-12H,13H2,1-6H3;6-11H,12-13H2,1-5H3;6-11,23H,12-13H2,1-5H3;6-7H,1-5H3,(H,14,15,17);3-4H,1-2H3. The topological polar surface area (TPSA) is 318 Å². The van der Waals surface area contributed by atoms with Crippen LogP contribution in [0, 0.1) is 34.6 Å². The van der Waals surface area contributed by atoms with Crippen molar-refractivity contribution >= 4 is 93.1 Å². The van der Waals surface area contributed by atoms with Crippen LogP contribution in [0.2, 0.25) is 5.15 Å². The number of ether oxygens (including phenoxy) is 10. The molecule has 0 saturated carbocycles. The molecule has 0 aliphatic heterocycles. The quantitative estimate of drug-likeness (QED) is 0.0349. The summed E-state index contributed by atoms with van der Waals surface area (Å²) in [7, 11) is 8.74. The molecule has 0 radical (unpaired) electrons. The van der Waals surface area contributed by atoms with E-state index in [1.807, 2.05) is 140 Å². The van der Waals surface area contributed by atoms with E-state index in [0.29, 0.717) is 86.1 Å². The molecule has 5 aromatic heterocycles.